The third kappa shape index (κ3) is 3.24. The van der Waals surface area contributed by atoms with E-state index >= 15 is 0 Å². The summed E-state index contributed by atoms with van der Waals surface area (Å²) in [6.45, 7) is -0.421. The summed E-state index contributed by atoms with van der Waals surface area (Å²) in [4.78, 5) is 9.29. The lowest BCUT2D eigenvalue weighted by molar-refractivity contribution is -0.137. The lowest BCUT2D eigenvalue weighted by Crippen LogP contribution is -2.30. The van der Waals surface area contributed by atoms with Gasteiger partial charge in [0.05, 0.1) is 6.42 Å². The molecular weight excluding hydrogens is 287 g/mol. The Bertz CT molecular complexity index is 603. The third-order valence-electron chi connectivity index (χ3n) is 2.33. The van der Waals surface area contributed by atoms with Crippen molar-refractivity contribution in [2.24, 2.45) is 0 Å². The molecule has 0 bridgehead atoms. The minimum Gasteiger partial charge on any atom is -0.481 e. The first-order valence-electron chi connectivity index (χ1n) is 4.99. The van der Waals surface area contributed by atoms with E-state index in [-0.39, 0.29) is 0 Å². The van der Waals surface area contributed by atoms with Crippen LogP contribution in [0, 0.1) is 17.5 Å². The van der Waals surface area contributed by atoms with Gasteiger partial charge in [0.15, 0.2) is 17.5 Å². The summed E-state index contributed by atoms with van der Waals surface area (Å²) in [5.74, 6) is -6.48. The fraction of sp³-hybridized carbons (Fsp3) is 0.300. The van der Waals surface area contributed by atoms with Crippen LogP contribution in [-0.4, -0.2) is 37.4 Å². The van der Waals surface area contributed by atoms with E-state index in [4.69, 9.17) is 5.11 Å². The van der Waals surface area contributed by atoms with Gasteiger partial charge in [-0.25, -0.2) is 25.9 Å². The first-order valence-corrected chi connectivity index (χ1v) is 6.43. The molecule has 0 radical (unpaired) electrons. The fourth-order valence-corrected chi connectivity index (χ4v) is 2.47. The molecule has 0 aromatic heterocycles. The highest BCUT2D eigenvalue weighted by molar-refractivity contribution is 7.89. The molecule has 0 saturated carbocycles. The van der Waals surface area contributed by atoms with Crippen molar-refractivity contribution in [1.29, 1.82) is 0 Å². The van der Waals surface area contributed by atoms with E-state index < -0.39 is 51.3 Å². The second kappa shape index (κ2) is 5.57. The lowest BCUT2D eigenvalue weighted by Gasteiger charge is -2.16. The van der Waals surface area contributed by atoms with Gasteiger partial charge < -0.3 is 5.11 Å². The van der Waals surface area contributed by atoms with Crippen molar-refractivity contribution in [2.45, 2.75) is 11.3 Å². The van der Waals surface area contributed by atoms with Crippen LogP contribution in [0.1, 0.15) is 6.42 Å². The predicted molar refractivity (Wildman–Crippen MR) is 58.4 cm³/mol. The van der Waals surface area contributed by atoms with Crippen molar-refractivity contribution in [2.75, 3.05) is 13.6 Å². The number of benzene rings is 1. The quantitative estimate of drug-likeness (QED) is 0.829. The van der Waals surface area contributed by atoms with Crippen LogP contribution >= 0.6 is 0 Å². The molecule has 0 amide bonds. The molecule has 0 aliphatic carbocycles. The van der Waals surface area contributed by atoms with E-state index in [0.29, 0.717) is 16.4 Å². The molecule has 0 atom stereocenters. The molecule has 1 aromatic rings. The second-order valence-corrected chi connectivity index (χ2v) is 5.66. The molecular formula is C10H10F3NO4S. The van der Waals surface area contributed by atoms with Gasteiger partial charge in [0.1, 0.15) is 4.90 Å². The minimum atomic E-state index is -4.42. The number of sulfonamides is 1. The van der Waals surface area contributed by atoms with E-state index in [9.17, 15) is 26.4 Å². The lowest BCUT2D eigenvalue weighted by atomic mass is 10.3. The first kappa shape index (κ1) is 15.4. The maximum absolute atomic E-state index is 13.4. The molecule has 1 N–H and O–H groups in total. The van der Waals surface area contributed by atoms with Crippen LogP contribution in [-0.2, 0) is 14.8 Å². The number of rotatable bonds is 5. The van der Waals surface area contributed by atoms with Crippen LogP contribution in [0.5, 0.6) is 0 Å². The number of aliphatic carboxylic acids is 1. The van der Waals surface area contributed by atoms with Gasteiger partial charge in [-0.15, -0.1) is 0 Å². The molecule has 1 rings (SSSR count). The molecule has 0 saturated heterocycles. The average molecular weight is 297 g/mol. The molecule has 5 nitrogen and oxygen atoms in total. The highest BCUT2D eigenvalue weighted by Crippen LogP contribution is 2.22. The van der Waals surface area contributed by atoms with Crippen molar-refractivity contribution < 1.29 is 31.5 Å². The molecule has 1 aromatic carbocycles. The van der Waals surface area contributed by atoms with Gasteiger partial charge in [-0.1, -0.05) is 0 Å². The van der Waals surface area contributed by atoms with Crippen molar-refractivity contribution in [1.82, 2.24) is 4.31 Å². The number of carbonyl (C=O) groups is 1. The Kier molecular flexibility index (Phi) is 4.53. The molecule has 0 aliphatic heterocycles. The van der Waals surface area contributed by atoms with Gasteiger partial charge in [0.2, 0.25) is 10.0 Å². The summed E-state index contributed by atoms with van der Waals surface area (Å²) < 4.78 is 63.3. The number of carboxylic acid groups (broad SMARTS) is 1. The number of carboxylic acids is 1. The van der Waals surface area contributed by atoms with E-state index in [0.717, 1.165) is 7.05 Å². The zero-order valence-electron chi connectivity index (χ0n) is 9.73. The Morgan fingerprint density at radius 2 is 1.84 bits per heavy atom. The van der Waals surface area contributed by atoms with Crippen LogP contribution in [0.4, 0.5) is 13.2 Å². The van der Waals surface area contributed by atoms with Crippen LogP contribution in [0.25, 0.3) is 0 Å². The fourth-order valence-electron chi connectivity index (χ4n) is 1.25. The van der Waals surface area contributed by atoms with Crippen LogP contribution in [0.15, 0.2) is 17.0 Å². The Morgan fingerprint density at radius 1 is 1.26 bits per heavy atom. The van der Waals surface area contributed by atoms with E-state index in [1.165, 1.54) is 0 Å². The highest BCUT2D eigenvalue weighted by atomic mass is 32.2. The Labute approximate surface area is 107 Å². The normalized spacial score (nSPS) is 11.8. The van der Waals surface area contributed by atoms with E-state index in [1.54, 1.807) is 0 Å². The van der Waals surface area contributed by atoms with Gasteiger partial charge in [-0.3, -0.25) is 4.79 Å². The van der Waals surface area contributed by atoms with Gasteiger partial charge >= 0.3 is 5.97 Å². The smallest absolute Gasteiger partial charge is 0.304 e. The average Bonchev–Trinajstić information content (AvgIpc) is 2.32. The molecule has 0 spiro atoms. The van der Waals surface area contributed by atoms with E-state index in [2.05, 4.69) is 0 Å². The molecule has 9 heteroatoms. The number of hydrogen-bond donors (Lipinski definition) is 1. The van der Waals surface area contributed by atoms with Crippen LogP contribution < -0.4 is 0 Å². The summed E-state index contributed by atoms with van der Waals surface area (Å²) >= 11 is 0. The van der Waals surface area contributed by atoms with Crippen molar-refractivity contribution in [3.8, 4) is 0 Å². The Balaban J connectivity index is 3.14. The van der Waals surface area contributed by atoms with Gasteiger partial charge in [0.25, 0.3) is 0 Å². The Hall–Kier alpha value is -1.61. The number of hydrogen-bond acceptors (Lipinski definition) is 3. The van der Waals surface area contributed by atoms with Crippen molar-refractivity contribution >= 4 is 16.0 Å². The maximum Gasteiger partial charge on any atom is 0.304 e. The SMILES string of the molecule is CN(CCC(=O)O)S(=O)(=O)c1ccc(F)c(F)c1F. The zero-order valence-corrected chi connectivity index (χ0v) is 10.5. The molecule has 0 unspecified atom stereocenters. The summed E-state index contributed by atoms with van der Waals surface area (Å²) in [5.41, 5.74) is 0. The summed E-state index contributed by atoms with van der Waals surface area (Å²) in [7, 11) is -3.40. The topological polar surface area (TPSA) is 74.7 Å². The van der Waals surface area contributed by atoms with Gasteiger partial charge in [-0.05, 0) is 12.1 Å². The summed E-state index contributed by atoms with van der Waals surface area (Å²) in [6.07, 6.45) is -0.499. The zero-order chi connectivity index (χ0) is 14.8. The molecule has 0 heterocycles. The third-order valence-corrected chi connectivity index (χ3v) is 4.20. The van der Waals surface area contributed by atoms with Crippen LogP contribution in [0.3, 0.4) is 0 Å². The highest BCUT2D eigenvalue weighted by Gasteiger charge is 2.27. The standard InChI is InChI=1S/C10H10F3NO4S/c1-14(5-4-8(15)16)19(17,18)7-3-2-6(11)9(12)10(7)13/h2-3H,4-5H2,1H3,(H,15,16). The predicted octanol–water partition coefficient (Wildman–Crippen LogP) is 1.20. The van der Waals surface area contributed by atoms with Gasteiger partial charge in [-0.2, -0.15) is 0 Å². The number of nitrogens with zero attached hydrogens (tertiary/aromatic N) is 1. The number of halogens is 3. The van der Waals surface area contributed by atoms with Crippen molar-refractivity contribution in [3.63, 3.8) is 0 Å². The van der Waals surface area contributed by atoms with E-state index in [1.807, 2.05) is 0 Å². The molecule has 0 aliphatic rings. The second-order valence-electron chi connectivity index (χ2n) is 3.64. The minimum absolute atomic E-state index is 0.421. The van der Waals surface area contributed by atoms with Crippen molar-refractivity contribution in [3.05, 3.63) is 29.6 Å². The largest absolute Gasteiger partial charge is 0.481 e. The monoisotopic (exact) mass is 297 g/mol. The van der Waals surface area contributed by atoms with Crippen LogP contribution in [0.2, 0.25) is 0 Å². The first-order chi connectivity index (χ1) is 8.67. The Morgan fingerprint density at radius 3 is 2.37 bits per heavy atom. The maximum atomic E-state index is 13.4. The molecule has 106 valence electrons. The molecule has 0 fully saturated rings. The molecule has 19 heavy (non-hydrogen) atoms. The van der Waals surface area contributed by atoms with Gasteiger partial charge in [0, 0.05) is 13.6 Å². The summed E-state index contributed by atoms with van der Waals surface area (Å²) in [6, 6.07) is 1.07. The summed E-state index contributed by atoms with van der Waals surface area (Å²) in [5, 5.41) is 8.43.